The summed E-state index contributed by atoms with van der Waals surface area (Å²) >= 11 is 0. The first-order chi connectivity index (χ1) is 10.6. The van der Waals surface area contributed by atoms with E-state index in [1.165, 1.54) is 0 Å². The summed E-state index contributed by atoms with van der Waals surface area (Å²) in [4.78, 5) is 28.9. The molecule has 0 atom stereocenters. The van der Waals surface area contributed by atoms with Crippen molar-refractivity contribution in [2.24, 2.45) is 0 Å². The van der Waals surface area contributed by atoms with Gasteiger partial charge < -0.3 is 14.6 Å². The van der Waals surface area contributed by atoms with Crippen molar-refractivity contribution in [1.82, 2.24) is 9.88 Å². The summed E-state index contributed by atoms with van der Waals surface area (Å²) in [6.07, 6.45) is 0. The Morgan fingerprint density at radius 3 is 2.55 bits per heavy atom. The molecule has 1 aromatic carbocycles. The number of aromatic amines is 1. The van der Waals surface area contributed by atoms with Crippen molar-refractivity contribution < 1.29 is 9.53 Å². The van der Waals surface area contributed by atoms with Gasteiger partial charge in [0.1, 0.15) is 5.56 Å². The van der Waals surface area contributed by atoms with Crippen molar-refractivity contribution in [2.45, 2.75) is 13.5 Å². The van der Waals surface area contributed by atoms with Gasteiger partial charge in [0.15, 0.2) is 0 Å². The fourth-order valence-corrected chi connectivity index (χ4v) is 2.17. The normalized spacial score (nSPS) is 10.5. The minimum absolute atomic E-state index is 0.151. The summed E-state index contributed by atoms with van der Waals surface area (Å²) in [5.74, 6) is -0.290. The number of nitrogens with one attached hydrogen (secondary N) is 1. The number of aryl methyl sites for hydroxylation is 1. The van der Waals surface area contributed by atoms with Crippen molar-refractivity contribution >= 4 is 5.91 Å². The van der Waals surface area contributed by atoms with Crippen molar-refractivity contribution in [3.63, 3.8) is 0 Å². The summed E-state index contributed by atoms with van der Waals surface area (Å²) in [6.45, 7) is 3.07. The first-order valence-electron chi connectivity index (χ1n) is 7.14. The van der Waals surface area contributed by atoms with E-state index in [4.69, 9.17) is 4.74 Å². The third-order valence-corrected chi connectivity index (χ3v) is 3.35. The zero-order valence-electron chi connectivity index (χ0n) is 12.8. The maximum atomic E-state index is 12.6. The van der Waals surface area contributed by atoms with Gasteiger partial charge in [-0.25, -0.2) is 0 Å². The van der Waals surface area contributed by atoms with E-state index in [2.05, 4.69) is 4.98 Å². The highest BCUT2D eigenvalue weighted by Gasteiger charge is 2.18. The lowest BCUT2D eigenvalue weighted by molar-refractivity contribution is 0.0678. The van der Waals surface area contributed by atoms with E-state index in [9.17, 15) is 9.59 Å². The number of carbonyl (C=O) groups is 1. The van der Waals surface area contributed by atoms with Gasteiger partial charge in [-0.15, -0.1) is 0 Å². The highest BCUT2D eigenvalue weighted by molar-refractivity contribution is 5.93. The Morgan fingerprint density at radius 1 is 1.18 bits per heavy atom. The highest BCUT2D eigenvalue weighted by atomic mass is 16.5. The first kappa shape index (κ1) is 16.0. The number of ether oxygens (including phenoxy) is 1. The predicted molar refractivity (Wildman–Crippen MR) is 84.9 cm³/mol. The predicted octanol–water partition coefficient (Wildman–Crippen LogP) is 1.97. The summed E-state index contributed by atoms with van der Waals surface area (Å²) in [7, 11) is 1.59. The average molecular weight is 300 g/mol. The van der Waals surface area contributed by atoms with Gasteiger partial charge in [-0.2, -0.15) is 0 Å². The van der Waals surface area contributed by atoms with Gasteiger partial charge in [-0.05, 0) is 24.6 Å². The summed E-state index contributed by atoms with van der Waals surface area (Å²) in [6, 6.07) is 13.0. The third kappa shape index (κ3) is 4.05. The van der Waals surface area contributed by atoms with Crippen molar-refractivity contribution in [3.8, 4) is 0 Å². The molecule has 2 rings (SSSR count). The van der Waals surface area contributed by atoms with E-state index < -0.39 is 0 Å². The molecule has 0 unspecified atom stereocenters. The van der Waals surface area contributed by atoms with Crippen molar-refractivity contribution in [1.29, 1.82) is 0 Å². The number of amides is 1. The standard InChI is InChI=1S/C17H20N2O3/c1-13-8-9-15(16(20)18-13)17(21)19(10-11-22-2)12-14-6-4-3-5-7-14/h3-9H,10-12H2,1-2H3,(H,18,20). The topological polar surface area (TPSA) is 62.4 Å². The van der Waals surface area contributed by atoms with Crippen LogP contribution in [0, 0.1) is 6.92 Å². The quantitative estimate of drug-likeness (QED) is 0.887. The summed E-state index contributed by atoms with van der Waals surface area (Å²) in [5.41, 5.74) is 1.53. The number of benzene rings is 1. The number of H-pyrrole nitrogens is 1. The zero-order valence-corrected chi connectivity index (χ0v) is 12.8. The number of aromatic nitrogens is 1. The molecule has 0 radical (unpaired) electrons. The van der Waals surface area contributed by atoms with E-state index in [0.29, 0.717) is 19.7 Å². The lowest BCUT2D eigenvalue weighted by atomic mass is 10.1. The minimum atomic E-state index is -0.361. The van der Waals surface area contributed by atoms with Crippen LogP contribution in [0.25, 0.3) is 0 Å². The largest absolute Gasteiger partial charge is 0.383 e. The molecular weight excluding hydrogens is 280 g/mol. The van der Waals surface area contributed by atoms with E-state index >= 15 is 0 Å². The van der Waals surface area contributed by atoms with Gasteiger partial charge in [0.25, 0.3) is 11.5 Å². The van der Waals surface area contributed by atoms with Crippen molar-refractivity contribution in [3.05, 3.63) is 69.6 Å². The molecule has 22 heavy (non-hydrogen) atoms. The van der Waals surface area contributed by atoms with E-state index in [-0.39, 0.29) is 17.0 Å². The maximum absolute atomic E-state index is 12.6. The number of carbonyl (C=O) groups excluding carboxylic acids is 1. The molecule has 0 saturated heterocycles. The van der Waals surface area contributed by atoms with Gasteiger partial charge in [-0.3, -0.25) is 9.59 Å². The Bertz CT molecular complexity index is 680. The molecule has 0 aliphatic carbocycles. The third-order valence-electron chi connectivity index (χ3n) is 3.35. The molecule has 0 bridgehead atoms. The molecule has 0 aliphatic rings. The molecule has 116 valence electrons. The Hall–Kier alpha value is -2.40. The number of pyridine rings is 1. The SMILES string of the molecule is COCCN(Cc1ccccc1)C(=O)c1ccc(C)[nH]c1=O. The molecule has 2 aromatic rings. The fourth-order valence-electron chi connectivity index (χ4n) is 2.17. The molecule has 5 heteroatoms. The van der Waals surface area contributed by atoms with Crippen LogP contribution in [0.4, 0.5) is 0 Å². The van der Waals surface area contributed by atoms with Crippen LogP contribution in [0.3, 0.4) is 0 Å². The number of nitrogens with zero attached hydrogens (tertiary/aromatic N) is 1. The van der Waals surface area contributed by atoms with Gasteiger partial charge in [0, 0.05) is 25.9 Å². The second kappa shape index (κ2) is 7.56. The Labute approximate surface area is 129 Å². The number of hydrogen-bond donors (Lipinski definition) is 1. The Kier molecular flexibility index (Phi) is 5.49. The first-order valence-corrected chi connectivity index (χ1v) is 7.14. The molecule has 0 spiro atoms. The molecule has 5 nitrogen and oxygen atoms in total. The smallest absolute Gasteiger partial charge is 0.260 e. The van der Waals surface area contributed by atoms with Crippen LogP contribution in [-0.4, -0.2) is 36.1 Å². The van der Waals surface area contributed by atoms with Crippen LogP contribution < -0.4 is 5.56 Å². The summed E-state index contributed by atoms with van der Waals surface area (Å²) in [5, 5.41) is 0. The Balaban J connectivity index is 2.24. The van der Waals surface area contributed by atoms with E-state index in [1.807, 2.05) is 30.3 Å². The van der Waals surface area contributed by atoms with Gasteiger partial charge in [0.2, 0.25) is 0 Å². The number of methoxy groups -OCH3 is 1. The van der Waals surface area contributed by atoms with Gasteiger partial charge in [0.05, 0.1) is 6.61 Å². The summed E-state index contributed by atoms with van der Waals surface area (Å²) < 4.78 is 5.07. The van der Waals surface area contributed by atoms with Crippen LogP contribution in [-0.2, 0) is 11.3 Å². The maximum Gasteiger partial charge on any atom is 0.260 e. The van der Waals surface area contributed by atoms with Crippen LogP contribution in [0.15, 0.2) is 47.3 Å². The molecule has 1 amide bonds. The molecule has 0 aliphatic heterocycles. The molecule has 0 fully saturated rings. The van der Waals surface area contributed by atoms with Gasteiger partial charge in [-0.1, -0.05) is 30.3 Å². The van der Waals surface area contributed by atoms with Crippen LogP contribution in [0.1, 0.15) is 21.6 Å². The number of hydrogen-bond acceptors (Lipinski definition) is 3. The fraction of sp³-hybridized carbons (Fsp3) is 0.294. The van der Waals surface area contributed by atoms with Gasteiger partial charge >= 0.3 is 0 Å². The second-order valence-corrected chi connectivity index (χ2v) is 5.09. The molecule has 1 N–H and O–H groups in total. The monoisotopic (exact) mass is 300 g/mol. The molecular formula is C17H20N2O3. The lowest BCUT2D eigenvalue weighted by Crippen LogP contribution is -2.36. The van der Waals surface area contributed by atoms with Crippen LogP contribution in [0.5, 0.6) is 0 Å². The van der Waals surface area contributed by atoms with E-state index in [0.717, 1.165) is 11.3 Å². The minimum Gasteiger partial charge on any atom is -0.383 e. The van der Waals surface area contributed by atoms with Crippen LogP contribution >= 0.6 is 0 Å². The zero-order chi connectivity index (χ0) is 15.9. The lowest BCUT2D eigenvalue weighted by Gasteiger charge is -2.22. The average Bonchev–Trinajstić information content (AvgIpc) is 2.52. The second-order valence-electron chi connectivity index (χ2n) is 5.09. The molecule has 0 saturated carbocycles. The molecule has 1 heterocycles. The number of rotatable bonds is 6. The van der Waals surface area contributed by atoms with Crippen molar-refractivity contribution in [2.75, 3.05) is 20.3 Å². The molecule has 1 aromatic heterocycles. The highest BCUT2D eigenvalue weighted by Crippen LogP contribution is 2.08. The Morgan fingerprint density at radius 2 is 1.91 bits per heavy atom. The van der Waals surface area contributed by atoms with Crippen LogP contribution in [0.2, 0.25) is 0 Å². The van der Waals surface area contributed by atoms with E-state index in [1.54, 1.807) is 31.1 Å².